The van der Waals surface area contributed by atoms with Crippen LogP contribution in [-0.2, 0) is 6.54 Å². The quantitative estimate of drug-likeness (QED) is 0.811. The van der Waals surface area contributed by atoms with Gasteiger partial charge in [-0.1, -0.05) is 6.92 Å². The number of imidazole rings is 1. The van der Waals surface area contributed by atoms with E-state index >= 15 is 0 Å². The second-order valence-corrected chi connectivity index (χ2v) is 5.22. The fourth-order valence-electron chi connectivity index (χ4n) is 2.42. The van der Waals surface area contributed by atoms with Crippen LogP contribution in [0.5, 0.6) is 0 Å². The van der Waals surface area contributed by atoms with E-state index in [4.69, 9.17) is 0 Å². The molecule has 3 rings (SSSR count). The van der Waals surface area contributed by atoms with Crippen molar-refractivity contribution >= 4 is 23.5 Å². The van der Waals surface area contributed by atoms with E-state index in [0.29, 0.717) is 5.92 Å². The summed E-state index contributed by atoms with van der Waals surface area (Å²) in [6.45, 7) is 3.39. The molecule has 0 aliphatic carbocycles. The van der Waals surface area contributed by atoms with Gasteiger partial charge in [0.25, 0.3) is 0 Å². The van der Waals surface area contributed by atoms with E-state index < -0.39 is 0 Å². The molecule has 0 aromatic carbocycles. The number of aromatic nitrogens is 3. The highest BCUT2D eigenvalue weighted by Crippen LogP contribution is 2.29. The van der Waals surface area contributed by atoms with Gasteiger partial charge in [-0.3, -0.25) is 0 Å². The lowest BCUT2D eigenvalue weighted by atomic mass is 9.96. The van der Waals surface area contributed by atoms with Gasteiger partial charge in [-0.2, -0.15) is 0 Å². The van der Waals surface area contributed by atoms with E-state index in [1.807, 2.05) is 23.3 Å². The molecule has 3 nitrogen and oxygen atoms in total. The normalized spacial score (nSPS) is 19.7. The minimum Gasteiger partial charge on any atom is -0.334 e. The molecule has 3 heterocycles. The molecule has 0 bridgehead atoms. The molecule has 0 saturated carbocycles. The zero-order valence-corrected chi connectivity index (χ0v) is 10.7. The van der Waals surface area contributed by atoms with E-state index in [1.165, 1.54) is 18.5 Å². The van der Waals surface area contributed by atoms with E-state index in [1.54, 1.807) is 11.3 Å². The van der Waals surface area contributed by atoms with Gasteiger partial charge < -0.3 is 4.57 Å². The van der Waals surface area contributed by atoms with Crippen molar-refractivity contribution < 1.29 is 0 Å². The Balaban J connectivity index is 1.91. The summed E-state index contributed by atoms with van der Waals surface area (Å²) < 4.78 is 2.29. The summed E-state index contributed by atoms with van der Waals surface area (Å²) in [4.78, 5) is 8.74. The van der Waals surface area contributed by atoms with Crippen LogP contribution in [0.3, 0.4) is 0 Å². The highest BCUT2D eigenvalue weighted by molar-refractivity contribution is 7.07. The Kier molecular flexibility index (Phi) is 2.81. The molecule has 0 spiro atoms. The van der Waals surface area contributed by atoms with Crippen molar-refractivity contribution in [3.05, 3.63) is 34.3 Å². The molecule has 2 aromatic heterocycles. The maximum Gasteiger partial charge on any atom is 0.0955 e. The second-order valence-electron chi connectivity index (χ2n) is 4.50. The van der Waals surface area contributed by atoms with E-state index in [0.717, 1.165) is 17.9 Å². The minimum absolute atomic E-state index is 0.612. The molecule has 4 heteroatoms. The molecule has 0 amide bonds. The number of hydrogen-bond acceptors (Lipinski definition) is 3. The summed E-state index contributed by atoms with van der Waals surface area (Å²) in [5.74, 6) is 0.612. The van der Waals surface area contributed by atoms with Gasteiger partial charge in [-0.15, -0.1) is 11.3 Å². The molecule has 88 valence electrons. The summed E-state index contributed by atoms with van der Waals surface area (Å²) in [5, 5.41) is 2.04. The fourth-order valence-corrected chi connectivity index (χ4v) is 2.94. The number of fused-ring (bicyclic) bond motifs is 1. The molecule has 1 unspecified atom stereocenters. The Labute approximate surface area is 105 Å². The van der Waals surface area contributed by atoms with Crippen molar-refractivity contribution in [1.82, 2.24) is 14.5 Å². The van der Waals surface area contributed by atoms with Crippen LogP contribution in [0.25, 0.3) is 12.2 Å². The van der Waals surface area contributed by atoms with Crippen LogP contribution in [-0.4, -0.2) is 14.5 Å². The van der Waals surface area contributed by atoms with Gasteiger partial charge in [0.2, 0.25) is 0 Å². The third kappa shape index (κ3) is 2.05. The number of rotatable bonds is 2. The zero-order chi connectivity index (χ0) is 11.7. The topological polar surface area (TPSA) is 30.7 Å². The Morgan fingerprint density at radius 3 is 3.18 bits per heavy atom. The number of aryl methyl sites for hydroxylation is 1. The predicted molar refractivity (Wildman–Crippen MR) is 70.9 cm³/mol. The predicted octanol–water partition coefficient (Wildman–Crippen LogP) is 3.41. The third-order valence-corrected chi connectivity index (χ3v) is 3.88. The van der Waals surface area contributed by atoms with Crippen molar-refractivity contribution in [3.63, 3.8) is 0 Å². The maximum atomic E-state index is 4.50. The molecule has 0 fully saturated rings. The first kappa shape index (κ1) is 10.7. The summed E-state index contributed by atoms with van der Waals surface area (Å²) in [7, 11) is 0. The molecular weight excluding hydrogens is 230 g/mol. The van der Waals surface area contributed by atoms with E-state index in [9.17, 15) is 0 Å². The summed E-state index contributed by atoms with van der Waals surface area (Å²) >= 11 is 1.62. The van der Waals surface area contributed by atoms with Crippen LogP contribution >= 0.6 is 11.3 Å². The molecule has 1 aliphatic heterocycles. The lowest BCUT2D eigenvalue weighted by molar-refractivity contribution is 0.474. The van der Waals surface area contributed by atoms with Gasteiger partial charge in [0, 0.05) is 17.6 Å². The van der Waals surface area contributed by atoms with Crippen LogP contribution in [0.4, 0.5) is 0 Å². The molecule has 0 radical (unpaired) electrons. The number of nitrogens with zero attached hydrogens (tertiary/aromatic N) is 3. The van der Waals surface area contributed by atoms with Crippen LogP contribution in [0.1, 0.15) is 42.8 Å². The van der Waals surface area contributed by atoms with Gasteiger partial charge in [-0.25, -0.2) is 9.97 Å². The van der Waals surface area contributed by atoms with Crippen molar-refractivity contribution in [2.75, 3.05) is 0 Å². The van der Waals surface area contributed by atoms with E-state index in [2.05, 4.69) is 27.5 Å². The Morgan fingerprint density at radius 1 is 1.41 bits per heavy atom. The van der Waals surface area contributed by atoms with Gasteiger partial charge >= 0.3 is 0 Å². The van der Waals surface area contributed by atoms with Crippen molar-refractivity contribution in [2.24, 2.45) is 0 Å². The highest BCUT2D eigenvalue weighted by atomic mass is 32.1. The zero-order valence-electron chi connectivity index (χ0n) is 9.84. The van der Waals surface area contributed by atoms with Gasteiger partial charge in [0.15, 0.2) is 0 Å². The smallest absolute Gasteiger partial charge is 0.0955 e. The first-order valence-electron chi connectivity index (χ1n) is 5.96. The lowest BCUT2D eigenvalue weighted by Gasteiger charge is -2.21. The van der Waals surface area contributed by atoms with E-state index in [-0.39, 0.29) is 0 Å². The highest BCUT2D eigenvalue weighted by Gasteiger charge is 2.19. The van der Waals surface area contributed by atoms with Crippen molar-refractivity contribution in [2.45, 2.75) is 32.2 Å². The average molecular weight is 245 g/mol. The standard InChI is InChI=1S/C13H15N3S/c1-10-3-2-6-16-8-14-12(13(10)16)5-4-11-7-17-9-15-11/h4-5,7-10H,2-3,6H2,1H3/b5-4+. The maximum absolute atomic E-state index is 4.50. The Hall–Kier alpha value is -1.42. The van der Waals surface area contributed by atoms with Gasteiger partial charge in [0.05, 0.1) is 23.2 Å². The summed E-state index contributed by atoms with van der Waals surface area (Å²) in [6, 6.07) is 0. The monoisotopic (exact) mass is 245 g/mol. The number of thiazole rings is 1. The largest absolute Gasteiger partial charge is 0.334 e. The summed E-state index contributed by atoms with van der Waals surface area (Å²) in [6.07, 6.45) is 8.62. The number of hydrogen-bond donors (Lipinski definition) is 0. The molecule has 0 N–H and O–H groups in total. The van der Waals surface area contributed by atoms with Gasteiger partial charge in [-0.05, 0) is 30.9 Å². The molecule has 0 saturated heterocycles. The van der Waals surface area contributed by atoms with Crippen LogP contribution in [0.2, 0.25) is 0 Å². The third-order valence-electron chi connectivity index (χ3n) is 3.27. The average Bonchev–Trinajstić information content (AvgIpc) is 2.95. The molecule has 1 aliphatic rings. The first-order valence-corrected chi connectivity index (χ1v) is 6.90. The molecule has 1 atom stereocenters. The van der Waals surface area contributed by atoms with Crippen LogP contribution in [0, 0.1) is 0 Å². The Bertz CT molecular complexity index is 525. The molecular formula is C13H15N3S. The molecule has 2 aromatic rings. The molecule has 17 heavy (non-hydrogen) atoms. The Morgan fingerprint density at radius 2 is 2.35 bits per heavy atom. The van der Waals surface area contributed by atoms with Crippen LogP contribution in [0.15, 0.2) is 17.2 Å². The minimum atomic E-state index is 0.612. The van der Waals surface area contributed by atoms with Crippen molar-refractivity contribution in [3.8, 4) is 0 Å². The second kappa shape index (κ2) is 4.45. The summed E-state index contributed by atoms with van der Waals surface area (Å²) in [5.41, 5.74) is 5.35. The SMILES string of the molecule is CC1CCCn2cnc(/C=C/c3cscn3)c21. The van der Waals surface area contributed by atoms with Gasteiger partial charge in [0.1, 0.15) is 0 Å². The fraction of sp³-hybridized carbons (Fsp3) is 0.385. The lowest BCUT2D eigenvalue weighted by Crippen LogP contribution is -2.13. The van der Waals surface area contributed by atoms with Crippen LogP contribution < -0.4 is 0 Å². The van der Waals surface area contributed by atoms with Crippen molar-refractivity contribution in [1.29, 1.82) is 0 Å². The first-order chi connectivity index (χ1) is 8.34.